The molecule has 0 amide bonds. The zero-order chi connectivity index (χ0) is 19.8. The number of aliphatic carboxylic acids is 1. The first kappa shape index (κ1) is 17.5. The van der Waals surface area contributed by atoms with Crippen LogP contribution in [0.3, 0.4) is 0 Å². The molecule has 0 radical (unpaired) electrons. The van der Waals surface area contributed by atoms with Crippen molar-refractivity contribution in [2.24, 2.45) is 5.92 Å². The van der Waals surface area contributed by atoms with Crippen LogP contribution in [-0.4, -0.2) is 44.2 Å². The van der Waals surface area contributed by atoms with Crippen molar-refractivity contribution >= 4 is 16.7 Å². The van der Waals surface area contributed by atoms with Crippen LogP contribution in [0.25, 0.3) is 33.7 Å². The SMILES string of the molecule is O=C(O)C1CN(Cc2ccc(-c3noc(-c4ccccn4)n3)c3ccccc23)C1. The predicted molar refractivity (Wildman–Crippen MR) is 107 cm³/mol. The Morgan fingerprint density at radius 2 is 1.86 bits per heavy atom. The van der Waals surface area contributed by atoms with Gasteiger partial charge in [0, 0.05) is 31.4 Å². The lowest BCUT2D eigenvalue weighted by Crippen LogP contribution is -2.49. The third kappa shape index (κ3) is 3.25. The summed E-state index contributed by atoms with van der Waals surface area (Å²) in [5.74, 6) is -0.0792. The van der Waals surface area contributed by atoms with Crippen LogP contribution >= 0.6 is 0 Å². The third-order valence-corrected chi connectivity index (χ3v) is 5.27. The number of carbonyl (C=O) groups is 1. The molecule has 0 unspecified atom stereocenters. The molecule has 1 N–H and O–H groups in total. The van der Waals surface area contributed by atoms with Gasteiger partial charge in [0.25, 0.3) is 5.89 Å². The highest BCUT2D eigenvalue weighted by Crippen LogP contribution is 2.32. The van der Waals surface area contributed by atoms with E-state index < -0.39 is 5.97 Å². The summed E-state index contributed by atoms with van der Waals surface area (Å²) < 4.78 is 5.42. The second-order valence-corrected chi connectivity index (χ2v) is 7.19. The van der Waals surface area contributed by atoms with E-state index >= 15 is 0 Å². The van der Waals surface area contributed by atoms with Crippen molar-refractivity contribution in [3.05, 3.63) is 66.4 Å². The van der Waals surface area contributed by atoms with Gasteiger partial charge in [-0.2, -0.15) is 4.98 Å². The number of carboxylic acid groups (broad SMARTS) is 1. The molecule has 29 heavy (non-hydrogen) atoms. The summed E-state index contributed by atoms with van der Waals surface area (Å²) in [4.78, 5) is 22.0. The topological polar surface area (TPSA) is 92.3 Å². The number of aromatic nitrogens is 3. The van der Waals surface area contributed by atoms with E-state index in [0.717, 1.165) is 28.4 Å². The summed E-state index contributed by atoms with van der Waals surface area (Å²) in [6.07, 6.45) is 1.69. The van der Waals surface area contributed by atoms with Gasteiger partial charge >= 0.3 is 5.97 Å². The molecule has 1 aliphatic heterocycles. The van der Waals surface area contributed by atoms with E-state index in [-0.39, 0.29) is 5.92 Å². The van der Waals surface area contributed by atoms with Gasteiger partial charge in [0.1, 0.15) is 5.69 Å². The number of likely N-dealkylation sites (tertiary alicyclic amines) is 1. The van der Waals surface area contributed by atoms with Gasteiger partial charge in [0.15, 0.2) is 0 Å². The molecule has 2 aromatic carbocycles. The lowest BCUT2D eigenvalue weighted by Gasteiger charge is -2.36. The molecule has 144 valence electrons. The molecule has 4 aromatic rings. The number of hydrogen-bond acceptors (Lipinski definition) is 6. The van der Waals surface area contributed by atoms with Crippen molar-refractivity contribution in [1.82, 2.24) is 20.0 Å². The van der Waals surface area contributed by atoms with Crippen molar-refractivity contribution in [2.75, 3.05) is 13.1 Å². The first-order valence-corrected chi connectivity index (χ1v) is 9.40. The number of fused-ring (bicyclic) bond motifs is 1. The van der Waals surface area contributed by atoms with Gasteiger partial charge in [-0.25, -0.2) is 0 Å². The second-order valence-electron chi connectivity index (χ2n) is 7.19. The molecular formula is C22H18N4O3. The molecule has 1 fully saturated rings. The first-order valence-electron chi connectivity index (χ1n) is 9.40. The average molecular weight is 386 g/mol. The van der Waals surface area contributed by atoms with E-state index in [1.807, 2.05) is 42.5 Å². The first-order chi connectivity index (χ1) is 14.2. The highest BCUT2D eigenvalue weighted by Gasteiger charge is 2.32. The number of pyridine rings is 1. The highest BCUT2D eigenvalue weighted by atomic mass is 16.5. The molecule has 0 atom stereocenters. The van der Waals surface area contributed by atoms with Crippen LogP contribution in [0.15, 0.2) is 65.3 Å². The predicted octanol–water partition coefficient (Wildman–Crippen LogP) is 3.47. The fourth-order valence-electron chi connectivity index (χ4n) is 3.72. The Bertz CT molecular complexity index is 1180. The monoisotopic (exact) mass is 386 g/mol. The minimum absolute atomic E-state index is 0.259. The van der Waals surface area contributed by atoms with Crippen LogP contribution < -0.4 is 0 Å². The van der Waals surface area contributed by atoms with Gasteiger partial charge in [0.05, 0.1) is 5.92 Å². The maximum Gasteiger partial charge on any atom is 0.309 e. The minimum Gasteiger partial charge on any atom is -0.481 e. The Labute approximate surface area is 166 Å². The van der Waals surface area contributed by atoms with Crippen molar-refractivity contribution in [1.29, 1.82) is 0 Å². The van der Waals surface area contributed by atoms with Crippen LogP contribution in [0.2, 0.25) is 0 Å². The van der Waals surface area contributed by atoms with Gasteiger partial charge in [0.2, 0.25) is 5.82 Å². The van der Waals surface area contributed by atoms with Gasteiger partial charge < -0.3 is 9.63 Å². The smallest absolute Gasteiger partial charge is 0.309 e. The Balaban J connectivity index is 1.47. The van der Waals surface area contributed by atoms with E-state index in [1.165, 1.54) is 0 Å². The van der Waals surface area contributed by atoms with Gasteiger partial charge in [-0.3, -0.25) is 14.7 Å². The summed E-state index contributed by atoms with van der Waals surface area (Å²) in [6.45, 7) is 1.89. The Kier molecular flexibility index (Phi) is 4.29. The molecule has 1 aliphatic rings. The molecule has 1 saturated heterocycles. The zero-order valence-electron chi connectivity index (χ0n) is 15.5. The van der Waals surface area contributed by atoms with Gasteiger partial charge in [-0.1, -0.05) is 47.6 Å². The van der Waals surface area contributed by atoms with Crippen molar-refractivity contribution in [3.8, 4) is 23.0 Å². The van der Waals surface area contributed by atoms with Crippen molar-refractivity contribution in [2.45, 2.75) is 6.54 Å². The minimum atomic E-state index is -0.720. The highest BCUT2D eigenvalue weighted by molar-refractivity contribution is 5.97. The molecule has 0 bridgehead atoms. The van der Waals surface area contributed by atoms with Gasteiger partial charge in [-0.05, 0) is 28.5 Å². The quantitative estimate of drug-likeness (QED) is 0.561. The number of rotatable bonds is 5. The lowest BCUT2D eigenvalue weighted by molar-refractivity contribution is -0.147. The molecule has 5 rings (SSSR count). The van der Waals surface area contributed by atoms with Crippen molar-refractivity contribution in [3.63, 3.8) is 0 Å². The van der Waals surface area contributed by atoms with Crippen LogP contribution in [0.1, 0.15) is 5.56 Å². The molecular weight excluding hydrogens is 368 g/mol. The summed E-state index contributed by atoms with van der Waals surface area (Å²) in [7, 11) is 0. The second kappa shape index (κ2) is 7.10. The maximum atomic E-state index is 11.0. The van der Waals surface area contributed by atoms with E-state index in [9.17, 15) is 4.79 Å². The van der Waals surface area contributed by atoms with Gasteiger partial charge in [-0.15, -0.1) is 0 Å². The summed E-state index contributed by atoms with van der Waals surface area (Å²) in [5.41, 5.74) is 2.68. The van der Waals surface area contributed by atoms with E-state index in [1.54, 1.807) is 6.20 Å². The largest absolute Gasteiger partial charge is 0.481 e. The summed E-state index contributed by atoms with van der Waals surface area (Å²) >= 11 is 0. The third-order valence-electron chi connectivity index (χ3n) is 5.27. The molecule has 2 aromatic heterocycles. The Hall–Kier alpha value is -3.58. The van der Waals surface area contributed by atoms with E-state index in [2.05, 4.69) is 32.2 Å². The molecule has 3 heterocycles. The molecule has 7 heteroatoms. The maximum absolute atomic E-state index is 11.0. The molecule has 7 nitrogen and oxygen atoms in total. The lowest BCUT2D eigenvalue weighted by atomic mass is 9.95. The van der Waals surface area contributed by atoms with Crippen molar-refractivity contribution < 1.29 is 14.4 Å². The van der Waals surface area contributed by atoms with Crippen LogP contribution in [0, 0.1) is 5.92 Å². The normalized spacial score (nSPS) is 14.8. The average Bonchev–Trinajstić information content (AvgIpc) is 3.20. The molecule has 0 saturated carbocycles. The molecule has 0 aliphatic carbocycles. The number of hydrogen-bond donors (Lipinski definition) is 1. The Morgan fingerprint density at radius 3 is 2.62 bits per heavy atom. The van der Waals surface area contributed by atoms with E-state index in [0.29, 0.717) is 30.5 Å². The number of benzene rings is 2. The fraction of sp³-hybridized carbons (Fsp3) is 0.182. The molecule has 0 spiro atoms. The van der Waals surface area contributed by atoms with Crippen LogP contribution in [-0.2, 0) is 11.3 Å². The number of carboxylic acids is 1. The number of nitrogens with zero attached hydrogens (tertiary/aromatic N) is 4. The Morgan fingerprint density at radius 1 is 1.07 bits per heavy atom. The van der Waals surface area contributed by atoms with E-state index in [4.69, 9.17) is 9.63 Å². The summed E-state index contributed by atoms with van der Waals surface area (Å²) in [5, 5.41) is 15.4. The zero-order valence-corrected chi connectivity index (χ0v) is 15.5. The fourth-order valence-corrected chi connectivity index (χ4v) is 3.72. The van der Waals surface area contributed by atoms with Crippen LogP contribution in [0.5, 0.6) is 0 Å². The van der Waals surface area contributed by atoms with Crippen LogP contribution in [0.4, 0.5) is 0 Å². The standard InChI is InChI=1S/C22H18N4O3/c27-22(28)15-12-26(13-15)11-14-8-9-18(17-6-2-1-5-16(14)17)20-24-21(29-25-20)19-7-3-4-10-23-19/h1-10,15H,11-13H2,(H,27,28). The summed E-state index contributed by atoms with van der Waals surface area (Å²) in [6, 6.07) is 17.7.